The number of hydrogen-bond acceptors (Lipinski definition) is 5. The maximum atomic E-state index is 12.6. The average molecular weight is 295 g/mol. The van der Waals surface area contributed by atoms with E-state index in [-0.39, 0.29) is 18.1 Å². The van der Waals surface area contributed by atoms with Crippen LogP contribution in [0.5, 0.6) is 0 Å². The molecule has 2 aromatic rings. The molecule has 7 nitrogen and oxygen atoms in total. The summed E-state index contributed by atoms with van der Waals surface area (Å²) in [5, 5.41) is 6.33. The topological polar surface area (TPSA) is 105 Å². The van der Waals surface area contributed by atoms with Gasteiger partial charge in [0.25, 0.3) is 10.0 Å². The molecule has 0 bridgehead atoms. The Balaban J connectivity index is 2.31. The van der Waals surface area contributed by atoms with E-state index in [1.807, 2.05) is 6.07 Å². The Morgan fingerprint density at radius 2 is 2.20 bits per heavy atom. The lowest BCUT2D eigenvalue weighted by Crippen LogP contribution is -2.31. The van der Waals surface area contributed by atoms with Crippen LogP contribution in [0.25, 0.3) is 0 Å². The van der Waals surface area contributed by atoms with Gasteiger partial charge >= 0.3 is 0 Å². The summed E-state index contributed by atoms with van der Waals surface area (Å²) in [6, 6.07) is 5.40. The molecule has 8 heteroatoms. The Hall–Kier alpha value is -1.77. The molecule has 20 heavy (non-hydrogen) atoms. The van der Waals surface area contributed by atoms with Crippen molar-refractivity contribution in [2.75, 3.05) is 6.54 Å². The van der Waals surface area contributed by atoms with Gasteiger partial charge in [-0.25, -0.2) is 8.42 Å². The second-order valence-electron chi connectivity index (χ2n) is 4.18. The lowest BCUT2D eigenvalue weighted by Gasteiger charge is -2.19. The summed E-state index contributed by atoms with van der Waals surface area (Å²) in [6.07, 6.45) is 3.07. The molecule has 0 amide bonds. The molecule has 0 radical (unpaired) electrons. The molecule has 0 saturated carbocycles. The van der Waals surface area contributed by atoms with Gasteiger partial charge in [-0.1, -0.05) is 13.0 Å². The highest BCUT2D eigenvalue weighted by atomic mass is 32.2. The maximum Gasteiger partial charge on any atom is 0.260 e. The number of H-pyrrole nitrogens is 1. The van der Waals surface area contributed by atoms with Crippen LogP contribution < -0.4 is 5.73 Å². The molecule has 2 aromatic heterocycles. The summed E-state index contributed by atoms with van der Waals surface area (Å²) < 4.78 is 26.5. The number of hydrogen-bond donors (Lipinski definition) is 2. The third kappa shape index (κ3) is 2.87. The second-order valence-corrected chi connectivity index (χ2v) is 6.06. The average Bonchev–Trinajstić information content (AvgIpc) is 2.95. The van der Waals surface area contributed by atoms with Crippen LogP contribution in [0.2, 0.25) is 0 Å². The summed E-state index contributed by atoms with van der Waals surface area (Å²) in [6.45, 7) is 2.44. The molecule has 0 atom stereocenters. The minimum atomic E-state index is -3.65. The normalized spacial score (nSPS) is 11.9. The lowest BCUT2D eigenvalue weighted by atomic mass is 10.3. The van der Waals surface area contributed by atoms with Crippen LogP contribution in [-0.2, 0) is 23.1 Å². The number of sulfonamides is 1. The Morgan fingerprint density at radius 1 is 1.40 bits per heavy atom. The van der Waals surface area contributed by atoms with Gasteiger partial charge in [0.2, 0.25) is 0 Å². The molecule has 0 spiro atoms. The number of rotatable bonds is 6. The number of nitrogens with one attached hydrogen (secondary N) is 1. The van der Waals surface area contributed by atoms with Crippen molar-refractivity contribution in [1.29, 1.82) is 0 Å². The highest BCUT2D eigenvalue weighted by molar-refractivity contribution is 7.89. The van der Waals surface area contributed by atoms with E-state index in [0.29, 0.717) is 17.8 Å². The van der Waals surface area contributed by atoms with Gasteiger partial charge < -0.3 is 5.73 Å². The van der Waals surface area contributed by atoms with E-state index in [0.717, 1.165) is 0 Å². The van der Waals surface area contributed by atoms with E-state index >= 15 is 0 Å². The summed E-state index contributed by atoms with van der Waals surface area (Å²) >= 11 is 0. The highest BCUT2D eigenvalue weighted by Crippen LogP contribution is 2.18. The standard InChI is InChI=1S/C12H17N5O2S/c1-2-17(9-11-5-3-4-6-14-11)20(18,19)12-10(7-13)8-15-16-12/h3-6,8H,2,7,9,13H2,1H3,(H,15,16). The molecule has 0 aromatic carbocycles. The first-order chi connectivity index (χ1) is 9.59. The van der Waals surface area contributed by atoms with Crippen molar-refractivity contribution in [2.45, 2.75) is 25.0 Å². The number of aromatic amines is 1. The number of pyridine rings is 1. The SMILES string of the molecule is CCN(Cc1ccccn1)S(=O)(=O)c1[nH]ncc1CN. The zero-order valence-electron chi connectivity index (χ0n) is 11.2. The van der Waals surface area contributed by atoms with Gasteiger partial charge in [0.1, 0.15) is 0 Å². The van der Waals surface area contributed by atoms with E-state index in [1.54, 1.807) is 25.3 Å². The maximum absolute atomic E-state index is 12.6. The van der Waals surface area contributed by atoms with Crippen molar-refractivity contribution < 1.29 is 8.42 Å². The molecule has 108 valence electrons. The largest absolute Gasteiger partial charge is 0.326 e. The van der Waals surface area contributed by atoms with Crippen LogP contribution in [0.15, 0.2) is 35.6 Å². The Morgan fingerprint density at radius 3 is 2.80 bits per heavy atom. The molecule has 0 aliphatic rings. The summed E-state index contributed by atoms with van der Waals surface area (Å²) in [5.41, 5.74) is 6.69. The summed E-state index contributed by atoms with van der Waals surface area (Å²) in [5.74, 6) is 0. The van der Waals surface area contributed by atoms with Gasteiger partial charge in [0, 0.05) is 24.8 Å². The first-order valence-electron chi connectivity index (χ1n) is 6.22. The van der Waals surface area contributed by atoms with E-state index in [2.05, 4.69) is 15.2 Å². The van der Waals surface area contributed by atoms with Crippen molar-refractivity contribution >= 4 is 10.0 Å². The molecule has 2 heterocycles. The van der Waals surface area contributed by atoms with Crippen LogP contribution in [0, 0.1) is 0 Å². The zero-order valence-corrected chi connectivity index (χ0v) is 12.0. The molecular formula is C12H17N5O2S. The zero-order chi connectivity index (χ0) is 14.6. The van der Waals surface area contributed by atoms with Crippen molar-refractivity contribution in [2.24, 2.45) is 5.73 Å². The fraction of sp³-hybridized carbons (Fsp3) is 0.333. The Kier molecular flexibility index (Phi) is 4.48. The number of nitrogens with zero attached hydrogens (tertiary/aromatic N) is 3. The van der Waals surface area contributed by atoms with Gasteiger partial charge in [-0.05, 0) is 12.1 Å². The highest BCUT2D eigenvalue weighted by Gasteiger charge is 2.27. The van der Waals surface area contributed by atoms with Crippen molar-refractivity contribution in [3.05, 3.63) is 41.9 Å². The fourth-order valence-corrected chi connectivity index (χ4v) is 3.37. The van der Waals surface area contributed by atoms with Crippen LogP contribution >= 0.6 is 0 Å². The lowest BCUT2D eigenvalue weighted by molar-refractivity contribution is 0.416. The molecule has 0 fully saturated rings. The smallest absolute Gasteiger partial charge is 0.260 e. The third-order valence-corrected chi connectivity index (χ3v) is 4.85. The first kappa shape index (κ1) is 14.6. The third-order valence-electron chi connectivity index (χ3n) is 2.91. The minimum absolute atomic E-state index is 0.0535. The van der Waals surface area contributed by atoms with Gasteiger partial charge in [0.05, 0.1) is 18.4 Å². The van der Waals surface area contributed by atoms with E-state index in [4.69, 9.17) is 5.73 Å². The van der Waals surface area contributed by atoms with Gasteiger partial charge in [-0.2, -0.15) is 9.40 Å². The van der Waals surface area contributed by atoms with Crippen molar-refractivity contribution in [3.8, 4) is 0 Å². The second kappa shape index (κ2) is 6.12. The molecule has 0 saturated heterocycles. The van der Waals surface area contributed by atoms with Crippen molar-refractivity contribution in [3.63, 3.8) is 0 Å². The molecule has 2 rings (SSSR count). The molecule has 0 aliphatic heterocycles. The van der Waals surface area contributed by atoms with E-state index in [1.165, 1.54) is 10.5 Å². The van der Waals surface area contributed by atoms with Crippen molar-refractivity contribution in [1.82, 2.24) is 19.5 Å². The predicted octanol–water partition coefficient (Wildman–Crippen LogP) is 0.474. The Bertz CT molecular complexity index is 653. The predicted molar refractivity (Wildman–Crippen MR) is 74.0 cm³/mol. The molecule has 3 N–H and O–H groups in total. The van der Waals surface area contributed by atoms with Gasteiger partial charge in [-0.15, -0.1) is 0 Å². The van der Waals surface area contributed by atoms with Crippen LogP contribution in [0.3, 0.4) is 0 Å². The van der Waals surface area contributed by atoms with Gasteiger partial charge in [-0.3, -0.25) is 10.1 Å². The van der Waals surface area contributed by atoms with Crippen LogP contribution in [0.1, 0.15) is 18.2 Å². The number of aromatic nitrogens is 3. The van der Waals surface area contributed by atoms with E-state index in [9.17, 15) is 8.42 Å². The quantitative estimate of drug-likeness (QED) is 0.806. The fourth-order valence-electron chi connectivity index (χ4n) is 1.84. The van der Waals surface area contributed by atoms with E-state index < -0.39 is 10.0 Å². The first-order valence-corrected chi connectivity index (χ1v) is 7.66. The van der Waals surface area contributed by atoms with Crippen LogP contribution in [0.4, 0.5) is 0 Å². The van der Waals surface area contributed by atoms with Crippen LogP contribution in [-0.4, -0.2) is 34.4 Å². The molecule has 0 unspecified atom stereocenters. The number of nitrogens with two attached hydrogens (primary N) is 1. The Labute approximate surface area is 117 Å². The molecular weight excluding hydrogens is 278 g/mol. The monoisotopic (exact) mass is 295 g/mol. The van der Waals surface area contributed by atoms with Gasteiger partial charge in [0.15, 0.2) is 5.03 Å². The minimum Gasteiger partial charge on any atom is -0.326 e. The molecule has 0 aliphatic carbocycles. The summed E-state index contributed by atoms with van der Waals surface area (Å²) in [7, 11) is -3.65. The summed E-state index contributed by atoms with van der Waals surface area (Å²) in [4.78, 5) is 4.15.